The summed E-state index contributed by atoms with van der Waals surface area (Å²) in [5.41, 5.74) is 6.85. The minimum atomic E-state index is 0.179. The van der Waals surface area contributed by atoms with E-state index < -0.39 is 0 Å². The smallest absolute Gasteiger partial charge is 0.0991 e. The maximum absolute atomic E-state index is 9.12. The predicted octanol–water partition coefficient (Wildman–Crippen LogP) is 4.92. The highest BCUT2D eigenvalue weighted by atomic mass is 15.1. The molecule has 0 radical (unpaired) electrons. The summed E-state index contributed by atoms with van der Waals surface area (Å²) < 4.78 is 2.20. The molecule has 5 nitrogen and oxygen atoms in total. The van der Waals surface area contributed by atoms with Gasteiger partial charge in [0.05, 0.1) is 35.0 Å². The number of benzene rings is 2. The molecule has 0 spiro atoms. The Hall–Kier alpha value is -3.65. The maximum Gasteiger partial charge on any atom is 0.0991 e. The fourth-order valence-corrected chi connectivity index (χ4v) is 3.47. The van der Waals surface area contributed by atoms with E-state index in [1.54, 1.807) is 0 Å². The van der Waals surface area contributed by atoms with Crippen LogP contribution in [0.5, 0.6) is 0 Å². The van der Waals surface area contributed by atoms with Gasteiger partial charge >= 0.3 is 0 Å². The lowest BCUT2D eigenvalue weighted by Crippen LogP contribution is -2.09. The van der Waals surface area contributed by atoms with Gasteiger partial charge in [0.15, 0.2) is 0 Å². The second-order valence-corrected chi connectivity index (χ2v) is 7.00. The molecule has 2 heterocycles. The van der Waals surface area contributed by atoms with Crippen molar-refractivity contribution in [2.24, 2.45) is 0 Å². The molecule has 1 atom stereocenters. The molecule has 0 aliphatic rings. The van der Waals surface area contributed by atoms with Crippen molar-refractivity contribution in [2.75, 3.05) is 0 Å². The van der Waals surface area contributed by atoms with E-state index in [9.17, 15) is 0 Å². The quantitative estimate of drug-likeness (QED) is 0.544. The second kappa shape index (κ2) is 7.53. The van der Waals surface area contributed by atoms with Gasteiger partial charge in [-0.05, 0) is 32.0 Å². The predicted molar refractivity (Wildman–Crippen MR) is 110 cm³/mol. The van der Waals surface area contributed by atoms with Crippen LogP contribution < -0.4 is 0 Å². The Bertz CT molecular complexity index is 1110. The van der Waals surface area contributed by atoms with E-state index in [1.165, 1.54) is 0 Å². The van der Waals surface area contributed by atoms with E-state index in [2.05, 4.69) is 46.0 Å². The van der Waals surface area contributed by atoms with Gasteiger partial charge in [0.2, 0.25) is 0 Å². The maximum atomic E-state index is 9.12. The number of rotatable bonds is 5. The molecule has 0 saturated heterocycles. The Balaban J connectivity index is 1.79. The first-order valence-electron chi connectivity index (χ1n) is 9.29. The molecular weight excluding hydrogens is 346 g/mol. The standard InChI is InChI=1S/C23H21N5/c1-16-12-21(27-26-16)13-17(2)28-15-25-22(19-6-4-3-5-7-19)23(28)20-10-8-18(14-24)9-11-20/h3-12,15,17H,13H2,1-2H3,(H,26,27). The molecule has 4 aromatic rings. The molecule has 28 heavy (non-hydrogen) atoms. The molecule has 2 aromatic carbocycles. The topological polar surface area (TPSA) is 70.3 Å². The van der Waals surface area contributed by atoms with E-state index in [1.807, 2.05) is 55.7 Å². The Morgan fingerprint density at radius 2 is 1.82 bits per heavy atom. The zero-order valence-corrected chi connectivity index (χ0v) is 15.9. The molecule has 0 aliphatic carbocycles. The summed E-state index contributed by atoms with van der Waals surface area (Å²) in [4.78, 5) is 4.74. The number of imidazole rings is 1. The summed E-state index contributed by atoms with van der Waals surface area (Å²) in [5, 5.41) is 16.5. The number of nitrogens with zero attached hydrogens (tertiary/aromatic N) is 4. The molecule has 5 heteroatoms. The number of nitrogens with one attached hydrogen (secondary N) is 1. The lowest BCUT2D eigenvalue weighted by atomic mass is 10.0. The van der Waals surface area contributed by atoms with Crippen molar-refractivity contribution >= 4 is 0 Å². The molecule has 4 rings (SSSR count). The van der Waals surface area contributed by atoms with Gasteiger partial charge < -0.3 is 4.57 Å². The number of aryl methyl sites for hydroxylation is 1. The first-order chi connectivity index (χ1) is 13.7. The summed E-state index contributed by atoms with van der Waals surface area (Å²) in [7, 11) is 0. The number of aromatic nitrogens is 4. The third-order valence-electron chi connectivity index (χ3n) is 4.87. The molecule has 0 amide bonds. The van der Waals surface area contributed by atoms with Gasteiger partial charge in [0.25, 0.3) is 0 Å². The monoisotopic (exact) mass is 367 g/mol. The summed E-state index contributed by atoms with van der Waals surface area (Å²) in [6.07, 6.45) is 2.71. The molecule has 138 valence electrons. The summed E-state index contributed by atoms with van der Waals surface area (Å²) in [6, 6.07) is 22.3. The largest absolute Gasteiger partial charge is 0.327 e. The van der Waals surface area contributed by atoms with Gasteiger partial charge in [-0.3, -0.25) is 5.10 Å². The van der Waals surface area contributed by atoms with Crippen molar-refractivity contribution in [1.29, 1.82) is 5.26 Å². The van der Waals surface area contributed by atoms with Crippen LogP contribution in [0.15, 0.2) is 67.0 Å². The summed E-state index contributed by atoms with van der Waals surface area (Å²) >= 11 is 0. The van der Waals surface area contributed by atoms with Gasteiger partial charge in [0, 0.05) is 29.3 Å². The first-order valence-corrected chi connectivity index (χ1v) is 9.29. The molecule has 0 aliphatic heterocycles. The number of nitriles is 1. The van der Waals surface area contributed by atoms with Crippen LogP contribution in [0.25, 0.3) is 22.5 Å². The molecule has 1 N–H and O–H groups in total. The molecule has 0 saturated carbocycles. The summed E-state index contributed by atoms with van der Waals surface area (Å²) in [6.45, 7) is 4.18. The molecule has 0 bridgehead atoms. The zero-order chi connectivity index (χ0) is 19.5. The second-order valence-electron chi connectivity index (χ2n) is 7.00. The van der Waals surface area contributed by atoms with Gasteiger partial charge in [-0.25, -0.2) is 4.98 Å². The number of hydrogen-bond acceptors (Lipinski definition) is 3. The Kier molecular flexibility index (Phi) is 4.77. The lowest BCUT2D eigenvalue weighted by Gasteiger charge is -2.17. The van der Waals surface area contributed by atoms with Crippen molar-refractivity contribution < 1.29 is 0 Å². The third kappa shape index (κ3) is 3.45. The minimum absolute atomic E-state index is 0.179. The SMILES string of the molecule is Cc1cc(CC(C)n2cnc(-c3ccccc3)c2-c2ccc(C#N)cc2)n[nH]1. The van der Waals surface area contributed by atoms with Crippen LogP contribution in [-0.4, -0.2) is 19.7 Å². The van der Waals surface area contributed by atoms with Crippen LogP contribution in [0.1, 0.15) is 29.9 Å². The Morgan fingerprint density at radius 1 is 1.07 bits per heavy atom. The van der Waals surface area contributed by atoms with Crippen molar-refractivity contribution in [3.05, 3.63) is 83.9 Å². The highest BCUT2D eigenvalue weighted by molar-refractivity contribution is 5.79. The van der Waals surface area contributed by atoms with E-state index >= 15 is 0 Å². The van der Waals surface area contributed by atoms with Crippen molar-refractivity contribution in [1.82, 2.24) is 19.7 Å². The van der Waals surface area contributed by atoms with Gasteiger partial charge in [0.1, 0.15) is 0 Å². The van der Waals surface area contributed by atoms with Crippen LogP contribution in [0.3, 0.4) is 0 Å². The van der Waals surface area contributed by atoms with Gasteiger partial charge in [-0.15, -0.1) is 0 Å². The van der Waals surface area contributed by atoms with Crippen LogP contribution in [0.2, 0.25) is 0 Å². The first kappa shape index (κ1) is 17.7. The van der Waals surface area contributed by atoms with E-state index in [-0.39, 0.29) is 6.04 Å². The number of aromatic amines is 1. The highest BCUT2D eigenvalue weighted by Gasteiger charge is 2.19. The third-order valence-corrected chi connectivity index (χ3v) is 4.87. The lowest BCUT2D eigenvalue weighted by molar-refractivity contribution is 0.542. The molecule has 1 unspecified atom stereocenters. The Labute approximate surface area is 164 Å². The van der Waals surface area contributed by atoms with Crippen LogP contribution >= 0.6 is 0 Å². The van der Waals surface area contributed by atoms with Crippen molar-refractivity contribution in [3.8, 4) is 28.6 Å². The molecule has 0 fully saturated rings. The fraction of sp³-hybridized carbons (Fsp3) is 0.174. The minimum Gasteiger partial charge on any atom is -0.327 e. The fourth-order valence-electron chi connectivity index (χ4n) is 3.47. The highest BCUT2D eigenvalue weighted by Crippen LogP contribution is 2.34. The van der Waals surface area contributed by atoms with Crippen molar-refractivity contribution in [2.45, 2.75) is 26.3 Å². The van der Waals surface area contributed by atoms with E-state index in [0.717, 1.165) is 40.3 Å². The number of H-pyrrole nitrogens is 1. The van der Waals surface area contributed by atoms with Crippen molar-refractivity contribution in [3.63, 3.8) is 0 Å². The summed E-state index contributed by atoms with van der Waals surface area (Å²) in [5.74, 6) is 0. The van der Waals surface area contributed by atoms with E-state index in [0.29, 0.717) is 5.56 Å². The normalized spacial score (nSPS) is 11.9. The van der Waals surface area contributed by atoms with Crippen LogP contribution in [-0.2, 0) is 6.42 Å². The molecular formula is C23H21N5. The average Bonchev–Trinajstić information content (AvgIpc) is 3.35. The van der Waals surface area contributed by atoms with Crippen LogP contribution in [0, 0.1) is 18.3 Å². The molecule has 2 aromatic heterocycles. The average molecular weight is 367 g/mol. The van der Waals surface area contributed by atoms with Gasteiger partial charge in [-0.2, -0.15) is 10.4 Å². The van der Waals surface area contributed by atoms with E-state index in [4.69, 9.17) is 10.2 Å². The van der Waals surface area contributed by atoms with Crippen LogP contribution in [0.4, 0.5) is 0 Å². The zero-order valence-electron chi connectivity index (χ0n) is 15.9. The Morgan fingerprint density at radius 3 is 2.46 bits per heavy atom. The number of hydrogen-bond donors (Lipinski definition) is 1. The van der Waals surface area contributed by atoms with Gasteiger partial charge in [-0.1, -0.05) is 42.5 Å².